The SMILES string of the molecule is CCNC(C)c1ccc(N(C)CCCCCO)cc1O. The van der Waals surface area contributed by atoms with E-state index in [1.165, 1.54) is 0 Å². The highest BCUT2D eigenvalue weighted by Gasteiger charge is 2.11. The molecule has 0 aliphatic heterocycles. The van der Waals surface area contributed by atoms with Gasteiger partial charge in [-0.2, -0.15) is 0 Å². The van der Waals surface area contributed by atoms with Gasteiger partial charge < -0.3 is 20.4 Å². The molecule has 1 unspecified atom stereocenters. The van der Waals surface area contributed by atoms with Crippen LogP contribution in [0.15, 0.2) is 18.2 Å². The van der Waals surface area contributed by atoms with Gasteiger partial charge in [0.05, 0.1) is 0 Å². The number of aliphatic hydroxyl groups excluding tert-OH is 1. The summed E-state index contributed by atoms with van der Waals surface area (Å²) in [4.78, 5) is 2.14. The van der Waals surface area contributed by atoms with Crippen molar-refractivity contribution >= 4 is 5.69 Å². The fraction of sp³-hybridized carbons (Fsp3) is 0.625. The molecule has 1 aromatic rings. The quantitative estimate of drug-likeness (QED) is 0.609. The summed E-state index contributed by atoms with van der Waals surface area (Å²) in [5.74, 6) is 0.346. The van der Waals surface area contributed by atoms with Crippen molar-refractivity contribution in [3.63, 3.8) is 0 Å². The van der Waals surface area contributed by atoms with Crippen LogP contribution < -0.4 is 10.2 Å². The van der Waals surface area contributed by atoms with E-state index in [9.17, 15) is 5.11 Å². The van der Waals surface area contributed by atoms with E-state index in [-0.39, 0.29) is 12.6 Å². The lowest BCUT2D eigenvalue weighted by molar-refractivity contribution is 0.283. The minimum Gasteiger partial charge on any atom is -0.508 e. The van der Waals surface area contributed by atoms with Crippen molar-refractivity contribution in [2.24, 2.45) is 0 Å². The number of unbranched alkanes of at least 4 members (excludes halogenated alkanes) is 2. The Kier molecular flexibility index (Phi) is 7.41. The normalized spacial score (nSPS) is 12.4. The van der Waals surface area contributed by atoms with E-state index in [4.69, 9.17) is 5.11 Å². The number of rotatable bonds is 9. The number of aromatic hydroxyl groups is 1. The second-order valence-corrected chi connectivity index (χ2v) is 5.23. The summed E-state index contributed by atoms with van der Waals surface area (Å²) >= 11 is 0. The lowest BCUT2D eigenvalue weighted by atomic mass is 10.1. The Balaban J connectivity index is 2.61. The second kappa shape index (κ2) is 8.82. The molecule has 1 aromatic carbocycles. The van der Waals surface area contributed by atoms with Gasteiger partial charge in [0.15, 0.2) is 0 Å². The zero-order valence-electron chi connectivity index (χ0n) is 12.9. The van der Waals surface area contributed by atoms with E-state index in [2.05, 4.69) is 30.1 Å². The highest BCUT2D eigenvalue weighted by atomic mass is 16.3. The van der Waals surface area contributed by atoms with Crippen molar-refractivity contribution in [2.75, 3.05) is 31.6 Å². The molecule has 20 heavy (non-hydrogen) atoms. The predicted molar refractivity (Wildman–Crippen MR) is 84.4 cm³/mol. The average molecular weight is 280 g/mol. The molecule has 0 aliphatic rings. The molecular weight excluding hydrogens is 252 g/mol. The number of hydrogen-bond donors (Lipinski definition) is 3. The highest BCUT2D eigenvalue weighted by molar-refractivity contribution is 5.53. The smallest absolute Gasteiger partial charge is 0.122 e. The van der Waals surface area contributed by atoms with Crippen LogP contribution in [0.25, 0.3) is 0 Å². The first-order valence-electron chi connectivity index (χ1n) is 7.48. The third-order valence-electron chi connectivity index (χ3n) is 3.58. The van der Waals surface area contributed by atoms with Gasteiger partial charge in [-0.1, -0.05) is 13.0 Å². The summed E-state index contributed by atoms with van der Waals surface area (Å²) in [6, 6.07) is 6.02. The minimum atomic E-state index is 0.156. The van der Waals surface area contributed by atoms with Gasteiger partial charge >= 0.3 is 0 Å². The number of benzene rings is 1. The van der Waals surface area contributed by atoms with Gasteiger partial charge in [0.1, 0.15) is 5.75 Å². The van der Waals surface area contributed by atoms with E-state index < -0.39 is 0 Å². The van der Waals surface area contributed by atoms with Crippen LogP contribution in [-0.4, -0.2) is 37.0 Å². The minimum absolute atomic E-state index is 0.156. The molecule has 0 spiro atoms. The molecule has 0 saturated carbocycles. The lowest BCUT2D eigenvalue weighted by Gasteiger charge is -2.21. The van der Waals surface area contributed by atoms with Gasteiger partial charge in [-0.3, -0.25) is 0 Å². The van der Waals surface area contributed by atoms with Crippen LogP contribution in [-0.2, 0) is 0 Å². The van der Waals surface area contributed by atoms with Crippen LogP contribution in [0.3, 0.4) is 0 Å². The molecule has 0 aromatic heterocycles. The third-order valence-corrected chi connectivity index (χ3v) is 3.58. The zero-order valence-corrected chi connectivity index (χ0v) is 12.9. The van der Waals surface area contributed by atoms with Gasteiger partial charge in [0.2, 0.25) is 0 Å². The first-order valence-corrected chi connectivity index (χ1v) is 7.48. The molecule has 0 fully saturated rings. The Morgan fingerprint density at radius 2 is 2.00 bits per heavy atom. The Morgan fingerprint density at radius 1 is 1.25 bits per heavy atom. The summed E-state index contributed by atoms with van der Waals surface area (Å²) in [6.45, 7) is 6.19. The van der Waals surface area contributed by atoms with Gasteiger partial charge in [-0.05, 0) is 38.8 Å². The maximum atomic E-state index is 10.1. The van der Waals surface area contributed by atoms with Crippen LogP contribution in [0.2, 0.25) is 0 Å². The van der Waals surface area contributed by atoms with Crippen LogP contribution >= 0.6 is 0 Å². The van der Waals surface area contributed by atoms with Crippen molar-refractivity contribution in [2.45, 2.75) is 39.2 Å². The van der Waals surface area contributed by atoms with Crippen molar-refractivity contribution in [3.8, 4) is 5.75 Å². The largest absolute Gasteiger partial charge is 0.508 e. The first-order chi connectivity index (χ1) is 9.60. The fourth-order valence-corrected chi connectivity index (χ4v) is 2.32. The maximum Gasteiger partial charge on any atom is 0.122 e. The highest BCUT2D eigenvalue weighted by Crippen LogP contribution is 2.28. The molecular formula is C16H28N2O2. The van der Waals surface area contributed by atoms with Crippen molar-refractivity contribution in [3.05, 3.63) is 23.8 Å². The van der Waals surface area contributed by atoms with Gasteiger partial charge in [0, 0.05) is 43.6 Å². The van der Waals surface area contributed by atoms with Crippen molar-refractivity contribution in [1.82, 2.24) is 5.32 Å². The molecule has 0 radical (unpaired) electrons. The summed E-state index contributed by atoms with van der Waals surface area (Å²) in [6.07, 6.45) is 2.94. The number of phenolic OH excluding ortho intramolecular Hbond substituents is 1. The van der Waals surface area contributed by atoms with Crippen LogP contribution in [0.4, 0.5) is 5.69 Å². The second-order valence-electron chi connectivity index (χ2n) is 5.23. The summed E-state index contributed by atoms with van der Waals surface area (Å²) in [5.41, 5.74) is 1.96. The van der Waals surface area contributed by atoms with E-state index >= 15 is 0 Å². The molecule has 3 N–H and O–H groups in total. The Labute approximate surface area is 122 Å². The third kappa shape index (κ3) is 5.02. The molecule has 1 rings (SSSR count). The molecule has 0 bridgehead atoms. The number of phenols is 1. The topological polar surface area (TPSA) is 55.7 Å². The number of nitrogens with one attached hydrogen (secondary N) is 1. The van der Waals surface area contributed by atoms with Crippen LogP contribution in [0.1, 0.15) is 44.7 Å². The van der Waals surface area contributed by atoms with Gasteiger partial charge in [-0.15, -0.1) is 0 Å². The van der Waals surface area contributed by atoms with Crippen LogP contribution in [0.5, 0.6) is 5.75 Å². The number of aliphatic hydroxyl groups is 1. The Bertz CT molecular complexity index is 396. The fourth-order valence-electron chi connectivity index (χ4n) is 2.32. The van der Waals surface area contributed by atoms with Crippen molar-refractivity contribution in [1.29, 1.82) is 0 Å². The molecule has 4 heteroatoms. The Morgan fingerprint density at radius 3 is 2.60 bits per heavy atom. The average Bonchev–Trinajstić information content (AvgIpc) is 2.43. The molecule has 0 amide bonds. The van der Waals surface area contributed by atoms with E-state index in [1.54, 1.807) is 0 Å². The van der Waals surface area contributed by atoms with Crippen molar-refractivity contribution < 1.29 is 10.2 Å². The zero-order chi connectivity index (χ0) is 15.0. The molecule has 4 nitrogen and oxygen atoms in total. The molecule has 0 saturated heterocycles. The molecule has 0 heterocycles. The summed E-state index contributed by atoms with van der Waals surface area (Å²) in [5, 5.41) is 22.2. The molecule has 1 atom stereocenters. The summed E-state index contributed by atoms with van der Waals surface area (Å²) < 4.78 is 0. The number of nitrogens with zero attached hydrogens (tertiary/aromatic N) is 1. The summed E-state index contributed by atoms with van der Waals surface area (Å²) in [7, 11) is 2.03. The number of anilines is 1. The maximum absolute atomic E-state index is 10.1. The van der Waals surface area contributed by atoms with Gasteiger partial charge in [0.25, 0.3) is 0 Å². The van der Waals surface area contributed by atoms with E-state index in [0.717, 1.165) is 43.6 Å². The molecule has 0 aliphatic carbocycles. The monoisotopic (exact) mass is 280 g/mol. The predicted octanol–water partition coefficient (Wildman–Crippen LogP) is 2.66. The standard InChI is InChI=1S/C16H28N2O2/c1-4-17-13(2)15-9-8-14(12-16(15)20)18(3)10-6-5-7-11-19/h8-9,12-13,17,19-20H,4-7,10-11H2,1-3H3. The Hall–Kier alpha value is -1.26. The lowest BCUT2D eigenvalue weighted by Crippen LogP contribution is -2.20. The van der Waals surface area contributed by atoms with Crippen LogP contribution in [0, 0.1) is 0 Å². The molecule has 114 valence electrons. The number of hydrogen-bond acceptors (Lipinski definition) is 4. The van der Waals surface area contributed by atoms with E-state index in [1.807, 2.05) is 19.2 Å². The van der Waals surface area contributed by atoms with E-state index in [0.29, 0.717) is 5.75 Å². The van der Waals surface area contributed by atoms with Gasteiger partial charge in [-0.25, -0.2) is 0 Å². The first kappa shape index (κ1) is 16.8.